The number of aromatic nitrogens is 1. The van der Waals surface area contributed by atoms with E-state index in [2.05, 4.69) is 4.98 Å². The number of benzene rings is 1. The smallest absolute Gasteiger partial charge is 0.161 e. The number of nitrogens with zero attached hydrogens (tertiary/aromatic N) is 1. The van der Waals surface area contributed by atoms with Crippen LogP contribution in [0.1, 0.15) is 18.1 Å². The zero-order valence-corrected chi connectivity index (χ0v) is 11.9. The average molecular weight is 294 g/mol. The van der Waals surface area contributed by atoms with Crippen LogP contribution in [0, 0.1) is 0 Å². The molecule has 20 heavy (non-hydrogen) atoms. The van der Waals surface area contributed by atoms with Crippen molar-refractivity contribution < 1.29 is 14.6 Å². The van der Waals surface area contributed by atoms with Gasteiger partial charge in [0.25, 0.3) is 0 Å². The van der Waals surface area contributed by atoms with E-state index in [0.29, 0.717) is 29.7 Å². The predicted octanol–water partition coefficient (Wildman–Crippen LogP) is 3.21. The van der Waals surface area contributed by atoms with Gasteiger partial charge in [-0.15, -0.1) is 0 Å². The molecule has 0 aliphatic heterocycles. The molecule has 106 valence electrons. The van der Waals surface area contributed by atoms with Crippen molar-refractivity contribution in [2.75, 3.05) is 6.61 Å². The third kappa shape index (κ3) is 3.62. The zero-order valence-electron chi connectivity index (χ0n) is 11.2. The quantitative estimate of drug-likeness (QED) is 0.888. The van der Waals surface area contributed by atoms with Gasteiger partial charge in [0.1, 0.15) is 6.61 Å². The number of hydrogen-bond donors (Lipinski definition) is 1. The molecule has 0 unspecified atom stereocenters. The summed E-state index contributed by atoms with van der Waals surface area (Å²) in [6.45, 7) is 2.73. The summed E-state index contributed by atoms with van der Waals surface area (Å²) in [6, 6.07) is 7.16. The van der Waals surface area contributed by atoms with Crippen LogP contribution in [0.5, 0.6) is 11.5 Å². The molecule has 0 aliphatic rings. The summed E-state index contributed by atoms with van der Waals surface area (Å²) in [4.78, 5) is 3.93. The fourth-order valence-electron chi connectivity index (χ4n) is 1.71. The lowest BCUT2D eigenvalue weighted by atomic mass is 10.2. The highest BCUT2D eigenvalue weighted by Gasteiger charge is 2.08. The van der Waals surface area contributed by atoms with Gasteiger partial charge in [-0.3, -0.25) is 4.98 Å². The van der Waals surface area contributed by atoms with Crippen molar-refractivity contribution in [3.05, 3.63) is 52.8 Å². The van der Waals surface area contributed by atoms with E-state index in [4.69, 9.17) is 26.2 Å². The van der Waals surface area contributed by atoms with Gasteiger partial charge in [-0.05, 0) is 30.7 Å². The Hall–Kier alpha value is -1.78. The van der Waals surface area contributed by atoms with E-state index in [1.54, 1.807) is 30.6 Å². The number of hydrogen-bond acceptors (Lipinski definition) is 4. The molecule has 1 heterocycles. The molecule has 0 fully saturated rings. The maximum Gasteiger partial charge on any atom is 0.161 e. The van der Waals surface area contributed by atoms with Crippen molar-refractivity contribution in [1.29, 1.82) is 0 Å². The highest BCUT2D eigenvalue weighted by Crippen LogP contribution is 2.29. The predicted molar refractivity (Wildman–Crippen MR) is 77.1 cm³/mol. The number of aliphatic hydroxyl groups is 1. The lowest BCUT2D eigenvalue weighted by Gasteiger charge is -2.13. The highest BCUT2D eigenvalue weighted by atomic mass is 35.5. The first-order valence-electron chi connectivity index (χ1n) is 6.32. The molecule has 0 saturated heterocycles. The van der Waals surface area contributed by atoms with Crippen LogP contribution in [0.3, 0.4) is 0 Å². The van der Waals surface area contributed by atoms with Crippen LogP contribution in [0.4, 0.5) is 0 Å². The van der Waals surface area contributed by atoms with Gasteiger partial charge in [-0.25, -0.2) is 0 Å². The average Bonchev–Trinajstić information content (AvgIpc) is 2.47. The van der Waals surface area contributed by atoms with E-state index in [1.165, 1.54) is 0 Å². The van der Waals surface area contributed by atoms with Gasteiger partial charge in [0.15, 0.2) is 11.5 Å². The zero-order chi connectivity index (χ0) is 14.4. The molecule has 0 radical (unpaired) electrons. The standard InChI is InChI=1S/C15H16ClNO3/c1-2-19-15-7-11(9-18)3-4-14(15)20-10-12-5-6-17-8-13(12)16/h3-8,18H,2,9-10H2,1H3. The first-order chi connectivity index (χ1) is 9.74. The molecule has 2 rings (SSSR count). The van der Waals surface area contributed by atoms with Crippen molar-refractivity contribution in [3.63, 3.8) is 0 Å². The Morgan fingerprint density at radius 2 is 2.05 bits per heavy atom. The Labute approximate surface area is 122 Å². The van der Waals surface area contributed by atoms with Crippen molar-refractivity contribution in [3.8, 4) is 11.5 Å². The molecule has 0 amide bonds. The van der Waals surface area contributed by atoms with E-state index in [0.717, 1.165) is 11.1 Å². The number of pyridine rings is 1. The van der Waals surface area contributed by atoms with Gasteiger partial charge >= 0.3 is 0 Å². The Bertz CT molecular complexity index is 575. The number of ether oxygens (including phenoxy) is 2. The van der Waals surface area contributed by atoms with Crippen LogP contribution in [-0.2, 0) is 13.2 Å². The van der Waals surface area contributed by atoms with Crippen LogP contribution in [0.2, 0.25) is 5.02 Å². The van der Waals surface area contributed by atoms with Crippen molar-refractivity contribution in [2.24, 2.45) is 0 Å². The van der Waals surface area contributed by atoms with E-state index in [9.17, 15) is 0 Å². The van der Waals surface area contributed by atoms with Crippen molar-refractivity contribution >= 4 is 11.6 Å². The topological polar surface area (TPSA) is 51.6 Å². The van der Waals surface area contributed by atoms with E-state index < -0.39 is 0 Å². The second-order valence-corrected chi connectivity index (χ2v) is 4.54. The summed E-state index contributed by atoms with van der Waals surface area (Å²) >= 11 is 6.03. The summed E-state index contributed by atoms with van der Waals surface area (Å²) < 4.78 is 11.3. The minimum absolute atomic E-state index is 0.0312. The van der Waals surface area contributed by atoms with Gasteiger partial charge < -0.3 is 14.6 Å². The summed E-state index contributed by atoms with van der Waals surface area (Å²) in [5.74, 6) is 1.24. The summed E-state index contributed by atoms with van der Waals surface area (Å²) in [7, 11) is 0. The first-order valence-corrected chi connectivity index (χ1v) is 6.70. The molecular weight excluding hydrogens is 278 g/mol. The molecule has 1 aromatic heterocycles. The fourth-order valence-corrected chi connectivity index (χ4v) is 1.89. The SMILES string of the molecule is CCOc1cc(CO)ccc1OCc1ccncc1Cl. The highest BCUT2D eigenvalue weighted by molar-refractivity contribution is 6.31. The molecule has 4 nitrogen and oxygen atoms in total. The third-order valence-electron chi connectivity index (χ3n) is 2.73. The minimum atomic E-state index is -0.0312. The molecule has 0 saturated carbocycles. The Morgan fingerprint density at radius 1 is 1.20 bits per heavy atom. The largest absolute Gasteiger partial charge is 0.490 e. The molecule has 0 aliphatic carbocycles. The lowest BCUT2D eigenvalue weighted by Crippen LogP contribution is -2.01. The van der Waals surface area contributed by atoms with Gasteiger partial charge in [-0.2, -0.15) is 0 Å². The number of rotatable bonds is 6. The van der Waals surface area contributed by atoms with Gasteiger partial charge in [0.05, 0.1) is 18.2 Å². The van der Waals surface area contributed by atoms with Gasteiger partial charge in [0, 0.05) is 18.0 Å². The molecular formula is C15H16ClNO3. The second-order valence-electron chi connectivity index (χ2n) is 4.13. The fraction of sp³-hybridized carbons (Fsp3) is 0.267. The summed E-state index contributed by atoms with van der Waals surface area (Å²) in [6.07, 6.45) is 3.25. The van der Waals surface area contributed by atoms with E-state index in [-0.39, 0.29) is 6.61 Å². The van der Waals surface area contributed by atoms with Crippen LogP contribution < -0.4 is 9.47 Å². The molecule has 1 aromatic carbocycles. The van der Waals surface area contributed by atoms with Crippen LogP contribution in [-0.4, -0.2) is 16.7 Å². The Balaban J connectivity index is 2.14. The maximum absolute atomic E-state index is 9.14. The second kappa shape index (κ2) is 7.12. The Kier molecular flexibility index (Phi) is 5.21. The van der Waals surface area contributed by atoms with Crippen LogP contribution in [0.15, 0.2) is 36.7 Å². The van der Waals surface area contributed by atoms with Crippen molar-refractivity contribution in [1.82, 2.24) is 4.98 Å². The van der Waals surface area contributed by atoms with Gasteiger partial charge in [0.2, 0.25) is 0 Å². The molecule has 0 bridgehead atoms. The number of halogens is 1. The van der Waals surface area contributed by atoms with Crippen LogP contribution >= 0.6 is 11.6 Å². The van der Waals surface area contributed by atoms with Crippen molar-refractivity contribution in [2.45, 2.75) is 20.1 Å². The summed E-state index contributed by atoms with van der Waals surface area (Å²) in [5, 5.41) is 9.71. The Morgan fingerprint density at radius 3 is 2.75 bits per heavy atom. The van der Waals surface area contributed by atoms with Gasteiger partial charge in [-0.1, -0.05) is 17.7 Å². The summed E-state index contributed by atoms with van der Waals surface area (Å²) in [5.41, 5.74) is 1.64. The maximum atomic E-state index is 9.14. The van der Waals surface area contributed by atoms with E-state index in [1.807, 2.05) is 13.0 Å². The number of aliphatic hydroxyl groups excluding tert-OH is 1. The molecule has 5 heteroatoms. The first kappa shape index (κ1) is 14.6. The lowest BCUT2D eigenvalue weighted by molar-refractivity contribution is 0.264. The minimum Gasteiger partial charge on any atom is -0.490 e. The molecule has 2 aromatic rings. The van der Waals surface area contributed by atoms with Crippen LogP contribution in [0.25, 0.3) is 0 Å². The normalized spacial score (nSPS) is 10.3. The molecule has 1 N–H and O–H groups in total. The monoisotopic (exact) mass is 293 g/mol. The third-order valence-corrected chi connectivity index (χ3v) is 3.07. The molecule has 0 atom stereocenters. The molecule has 0 spiro atoms. The van der Waals surface area contributed by atoms with E-state index >= 15 is 0 Å².